The van der Waals surface area contributed by atoms with Crippen LogP contribution in [0.15, 0.2) is 41.1 Å². The van der Waals surface area contributed by atoms with Crippen molar-refractivity contribution in [3.63, 3.8) is 0 Å². The summed E-state index contributed by atoms with van der Waals surface area (Å²) in [5, 5.41) is 12.6. The van der Waals surface area contributed by atoms with Crippen molar-refractivity contribution in [3.8, 4) is 12.3 Å². The smallest absolute Gasteiger partial charge is 0.404 e. The fourth-order valence-corrected chi connectivity index (χ4v) is 2.82. The van der Waals surface area contributed by atoms with Gasteiger partial charge in [0.25, 0.3) is 5.91 Å². The van der Waals surface area contributed by atoms with Gasteiger partial charge in [0, 0.05) is 12.1 Å². The predicted molar refractivity (Wildman–Crippen MR) is 84.9 cm³/mol. The standard InChI is InChI=1S/C15H15FN2O5S/c1-2-8-17-14(19)11-3-5-13(6-4-11)24(22,23)10-12(16)7-9-18-15(20)21/h1,3-7,18H,8-10H2,(H,17,19)(H,20,21)/b12-7-. The number of rotatable bonds is 7. The minimum absolute atomic E-state index is 0.0409. The van der Waals surface area contributed by atoms with E-state index in [0.29, 0.717) is 0 Å². The maximum absolute atomic E-state index is 13.5. The second-order valence-electron chi connectivity index (χ2n) is 4.51. The van der Waals surface area contributed by atoms with Crippen LogP contribution in [-0.2, 0) is 9.84 Å². The first-order chi connectivity index (χ1) is 11.3. The zero-order chi connectivity index (χ0) is 18.2. The monoisotopic (exact) mass is 354 g/mol. The lowest BCUT2D eigenvalue weighted by Gasteiger charge is -2.05. The van der Waals surface area contributed by atoms with Crippen LogP contribution in [0.25, 0.3) is 0 Å². The molecule has 0 unspecified atom stereocenters. The quantitative estimate of drug-likeness (QED) is 0.631. The number of hydrogen-bond acceptors (Lipinski definition) is 4. The number of benzene rings is 1. The molecular formula is C15H15FN2O5S. The number of carbonyl (C=O) groups is 2. The van der Waals surface area contributed by atoms with Gasteiger partial charge in [-0.25, -0.2) is 17.6 Å². The summed E-state index contributed by atoms with van der Waals surface area (Å²) in [6.45, 7) is -0.301. The molecule has 0 spiro atoms. The van der Waals surface area contributed by atoms with E-state index in [-0.39, 0.29) is 23.5 Å². The lowest BCUT2D eigenvalue weighted by Crippen LogP contribution is -2.23. The van der Waals surface area contributed by atoms with Crippen LogP contribution in [0.3, 0.4) is 0 Å². The minimum atomic E-state index is -3.95. The van der Waals surface area contributed by atoms with Crippen LogP contribution >= 0.6 is 0 Å². The molecule has 0 atom stereocenters. The Labute approximate surface area is 138 Å². The number of carboxylic acid groups (broad SMARTS) is 1. The third kappa shape index (κ3) is 6.10. The topological polar surface area (TPSA) is 113 Å². The highest BCUT2D eigenvalue weighted by atomic mass is 32.2. The molecule has 3 N–H and O–H groups in total. The third-order valence-corrected chi connectivity index (χ3v) is 4.38. The van der Waals surface area contributed by atoms with Crippen LogP contribution in [0.5, 0.6) is 0 Å². The Kier molecular flexibility index (Phi) is 6.95. The van der Waals surface area contributed by atoms with Crippen LogP contribution in [0.4, 0.5) is 9.18 Å². The third-order valence-electron chi connectivity index (χ3n) is 2.73. The van der Waals surface area contributed by atoms with Gasteiger partial charge in [0.05, 0.1) is 11.4 Å². The first kappa shape index (κ1) is 19.2. The molecule has 0 radical (unpaired) electrons. The van der Waals surface area contributed by atoms with Gasteiger partial charge >= 0.3 is 6.09 Å². The highest BCUT2D eigenvalue weighted by Crippen LogP contribution is 2.15. The Morgan fingerprint density at radius 3 is 2.42 bits per heavy atom. The Hall–Kier alpha value is -2.86. The molecule has 2 amide bonds. The van der Waals surface area contributed by atoms with E-state index in [1.165, 1.54) is 24.3 Å². The molecule has 0 bridgehead atoms. The van der Waals surface area contributed by atoms with Gasteiger partial charge < -0.3 is 15.7 Å². The highest BCUT2D eigenvalue weighted by Gasteiger charge is 2.17. The molecule has 7 nitrogen and oxygen atoms in total. The number of carbonyl (C=O) groups excluding carboxylic acids is 1. The van der Waals surface area contributed by atoms with Crippen LogP contribution in [0.1, 0.15) is 10.4 Å². The van der Waals surface area contributed by atoms with Crippen LogP contribution in [0.2, 0.25) is 0 Å². The average molecular weight is 354 g/mol. The Balaban J connectivity index is 2.79. The first-order valence-corrected chi connectivity index (χ1v) is 8.27. The number of nitrogens with one attached hydrogen (secondary N) is 2. The number of amides is 2. The highest BCUT2D eigenvalue weighted by molar-refractivity contribution is 7.91. The summed E-state index contributed by atoms with van der Waals surface area (Å²) in [6, 6.07) is 4.93. The molecule has 0 heterocycles. The van der Waals surface area contributed by atoms with Gasteiger partial charge in [-0.2, -0.15) is 0 Å². The Bertz CT molecular complexity index is 779. The second kappa shape index (κ2) is 8.69. The van der Waals surface area contributed by atoms with Gasteiger partial charge in [-0.05, 0) is 30.3 Å². The van der Waals surface area contributed by atoms with Crippen molar-refractivity contribution in [2.75, 3.05) is 18.8 Å². The Morgan fingerprint density at radius 2 is 1.88 bits per heavy atom. The summed E-state index contributed by atoms with van der Waals surface area (Å²) in [7, 11) is -3.95. The SMILES string of the molecule is C#CCNC(=O)c1ccc(S(=O)(=O)C/C(F)=C/CNC(=O)O)cc1. The van der Waals surface area contributed by atoms with Crippen LogP contribution in [0, 0.1) is 12.3 Å². The van der Waals surface area contributed by atoms with Crippen molar-refractivity contribution < 1.29 is 27.5 Å². The summed E-state index contributed by atoms with van der Waals surface area (Å²) in [5.74, 6) is -0.116. The van der Waals surface area contributed by atoms with Crippen molar-refractivity contribution in [1.82, 2.24) is 10.6 Å². The molecule has 1 aromatic carbocycles. The normalized spacial score (nSPS) is 11.4. The summed E-state index contributed by atoms with van der Waals surface area (Å²) in [5.41, 5.74) is 0.214. The van der Waals surface area contributed by atoms with E-state index in [4.69, 9.17) is 11.5 Å². The molecule has 0 aliphatic rings. The minimum Gasteiger partial charge on any atom is -0.465 e. The van der Waals surface area contributed by atoms with Crippen molar-refractivity contribution in [1.29, 1.82) is 0 Å². The lowest BCUT2D eigenvalue weighted by molar-refractivity contribution is 0.0958. The van der Waals surface area contributed by atoms with Gasteiger partial charge in [0.15, 0.2) is 9.84 Å². The molecule has 0 aliphatic carbocycles. The number of sulfone groups is 1. The molecule has 128 valence electrons. The van der Waals surface area contributed by atoms with E-state index in [1.54, 1.807) is 0 Å². The second-order valence-corrected chi connectivity index (χ2v) is 6.50. The number of hydrogen-bond donors (Lipinski definition) is 3. The fraction of sp³-hybridized carbons (Fsp3) is 0.200. The molecule has 1 rings (SSSR count). The molecule has 0 aliphatic heterocycles. The molecular weight excluding hydrogens is 339 g/mol. The summed E-state index contributed by atoms with van der Waals surface area (Å²) in [4.78, 5) is 21.7. The zero-order valence-electron chi connectivity index (χ0n) is 12.5. The number of terminal acetylenes is 1. The van der Waals surface area contributed by atoms with E-state index >= 15 is 0 Å². The van der Waals surface area contributed by atoms with E-state index in [9.17, 15) is 22.4 Å². The van der Waals surface area contributed by atoms with Gasteiger partial charge in [0.2, 0.25) is 0 Å². The van der Waals surface area contributed by atoms with Gasteiger partial charge in [-0.3, -0.25) is 4.79 Å². The average Bonchev–Trinajstić information content (AvgIpc) is 2.51. The predicted octanol–water partition coefficient (Wildman–Crippen LogP) is 0.944. The summed E-state index contributed by atoms with van der Waals surface area (Å²) >= 11 is 0. The van der Waals surface area contributed by atoms with Crippen molar-refractivity contribution in [2.45, 2.75) is 4.90 Å². The molecule has 0 saturated heterocycles. The van der Waals surface area contributed by atoms with Crippen LogP contribution in [-0.4, -0.2) is 44.4 Å². The summed E-state index contributed by atoms with van der Waals surface area (Å²) in [6.07, 6.45) is 4.49. The van der Waals surface area contributed by atoms with Crippen molar-refractivity contribution in [3.05, 3.63) is 41.7 Å². The van der Waals surface area contributed by atoms with Gasteiger partial charge in [-0.15, -0.1) is 6.42 Å². The van der Waals surface area contributed by atoms with Crippen molar-refractivity contribution >= 4 is 21.8 Å². The largest absolute Gasteiger partial charge is 0.465 e. The van der Waals surface area contributed by atoms with E-state index in [0.717, 1.165) is 6.08 Å². The zero-order valence-corrected chi connectivity index (χ0v) is 13.3. The van der Waals surface area contributed by atoms with Gasteiger partial charge in [0.1, 0.15) is 11.6 Å². The van der Waals surface area contributed by atoms with E-state index < -0.39 is 33.4 Å². The molecule has 0 aromatic heterocycles. The molecule has 1 aromatic rings. The summed E-state index contributed by atoms with van der Waals surface area (Å²) < 4.78 is 37.6. The molecule has 24 heavy (non-hydrogen) atoms. The maximum atomic E-state index is 13.5. The Morgan fingerprint density at radius 1 is 1.25 bits per heavy atom. The van der Waals surface area contributed by atoms with Crippen molar-refractivity contribution in [2.24, 2.45) is 0 Å². The van der Waals surface area contributed by atoms with Gasteiger partial charge in [-0.1, -0.05) is 5.92 Å². The lowest BCUT2D eigenvalue weighted by atomic mass is 10.2. The first-order valence-electron chi connectivity index (χ1n) is 6.62. The van der Waals surface area contributed by atoms with E-state index in [1.807, 2.05) is 5.32 Å². The molecule has 0 fully saturated rings. The molecule has 9 heteroatoms. The molecule has 0 saturated carbocycles. The van der Waals surface area contributed by atoms with E-state index in [2.05, 4.69) is 11.2 Å². The fourth-order valence-electron chi connectivity index (χ4n) is 1.62. The number of halogens is 1. The van der Waals surface area contributed by atoms with Crippen LogP contribution < -0.4 is 10.6 Å². The maximum Gasteiger partial charge on any atom is 0.404 e.